The zero-order valence-corrected chi connectivity index (χ0v) is 13.2. The molecule has 4 nitrogen and oxygen atoms in total. The number of hydrogen-bond acceptors (Lipinski definition) is 4. The van der Waals surface area contributed by atoms with E-state index in [0.717, 1.165) is 24.0 Å². The normalized spacial score (nSPS) is 25.5. The summed E-state index contributed by atoms with van der Waals surface area (Å²) >= 11 is 0. The maximum absolute atomic E-state index is 6.21. The summed E-state index contributed by atoms with van der Waals surface area (Å²) in [4.78, 5) is 4.28. The van der Waals surface area contributed by atoms with Crippen LogP contribution in [0.2, 0.25) is 0 Å². The van der Waals surface area contributed by atoms with E-state index in [4.69, 9.17) is 15.0 Å². The lowest BCUT2D eigenvalue weighted by Crippen LogP contribution is -2.41. The molecular formula is C16H23BN2O2. The van der Waals surface area contributed by atoms with E-state index in [-0.39, 0.29) is 23.9 Å². The molecule has 5 heteroatoms. The van der Waals surface area contributed by atoms with Crippen molar-refractivity contribution in [2.45, 2.75) is 57.3 Å². The molecule has 0 unspecified atom stereocenters. The Labute approximate surface area is 126 Å². The molecule has 0 bridgehead atoms. The van der Waals surface area contributed by atoms with Gasteiger partial charge >= 0.3 is 7.12 Å². The van der Waals surface area contributed by atoms with Gasteiger partial charge in [0.25, 0.3) is 0 Å². The van der Waals surface area contributed by atoms with Crippen LogP contribution in [0.15, 0.2) is 24.4 Å². The maximum Gasteiger partial charge on any atom is 0.487 e. The largest absolute Gasteiger partial charge is 0.487 e. The van der Waals surface area contributed by atoms with E-state index >= 15 is 0 Å². The third kappa shape index (κ3) is 2.78. The lowest BCUT2D eigenvalue weighted by Gasteiger charge is -2.32. The Hall–Kier alpha value is -1.17. The molecule has 0 aromatic carbocycles. The molecule has 21 heavy (non-hydrogen) atoms. The SMILES string of the molecule is CC1(C)OB(/C=C/c2cncc(C3(N)CC3)c2)OC1(C)C. The van der Waals surface area contributed by atoms with Crippen LogP contribution in [0.4, 0.5) is 0 Å². The van der Waals surface area contributed by atoms with E-state index < -0.39 is 0 Å². The summed E-state index contributed by atoms with van der Waals surface area (Å²) in [5.74, 6) is 1.94. The fraction of sp³-hybridized carbons (Fsp3) is 0.562. The van der Waals surface area contributed by atoms with E-state index in [1.54, 1.807) is 0 Å². The Balaban J connectivity index is 1.73. The Morgan fingerprint density at radius 1 is 1.14 bits per heavy atom. The number of hydrogen-bond donors (Lipinski definition) is 1. The third-order valence-electron chi connectivity index (χ3n) is 4.84. The van der Waals surface area contributed by atoms with Crippen molar-refractivity contribution in [2.24, 2.45) is 5.73 Å². The summed E-state index contributed by atoms with van der Waals surface area (Å²) in [6, 6.07) is 2.10. The zero-order chi connectivity index (χ0) is 15.3. The van der Waals surface area contributed by atoms with Gasteiger partial charge in [-0.05, 0) is 57.7 Å². The van der Waals surface area contributed by atoms with Crippen molar-refractivity contribution in [2.75, 3.05) is 0 Å². The topological polar surface area (TPSA) is 57.4 Å². The predicted octanol–water partition coefficient (Wildman–Crippen LogP) is 2.67. The van der Waals surface area contributed by atoms with Gasteiger partial charge in [-0.3, -0.25) is 4.98 Å². The highest BCUT2D eigenvalue weighted by Gasteiger charge is 2.50. The fourth-order valence-electron chi connectivity index (χ4n) is 2.40. The molecule has 0 radical (unpaired) electrons. The highest BCUT2D eigenvalue weighted by molar-refractivity contribution is 6.52. The summed E-state index contributed by atoms with van der Waals surface area (Å²) in [7, 11) is -0.327. The minimum absolute atomic E-state index is 0.152. The second-order valence-electron chi connectivity index (χ2n) is 7.15. The molecular weight excluding hydrogens is 263 g/mol. The summed E-state index contributed by atoms with van der Waals surface area (Å²) in [5, 5.41) is 0. The van der Waals surface area contributed by atoms with Crippen LogP contribution in [-0.4, -0.2) is 23.3 Å². The van der Waals surface area contributed by atoms with Crippen molar-refractivity contribution in [3.05, 3.63) is 35.6 Å². The molecule has 1 aromatic heterocycles. The van der Waals surface area contributed by atoms with Gasteiger partial charge in [-0.1, -0.05) is 12.1 Å². The molecule has 0 spiro atoms. The van der Waals surface area contributed by atoms with Crippen LogP contribution in [0.3, 0.4) is 0 Å². The predicted molar refractivity (Wildman–Crippen MR) is 84.5 cm³/mol. The van der Waals surface area contributed by atoms with Crippen molar-refractivity contribution in [3.63, 3.8) is 0 Å². The van der Waals surface area contributed by atoms with Crippen LogP contribution >= 0.6 is 0 Å². The van der Waals surface area contributed by atoms with E-state index in [1.807, 2.05) is 52.1 Å². The van der Waals surface area contributed by atoms with Crippen molar-refractivity contribution in [3.8, 4) is 0 Å². The van der Waals surface area contributed by atoms with Gasteiger partial charge in [0.05, 0.1) is 11.2 Å². The molecule has 0 atom stereocenters. The average molecular weight is 286 g/mol. The molecule has 1 aliphatic heterocycles. The van der Waals surface area contributed by atoms with Gasteiger partial charge in [0.15, 0.2) is 0 Å². The number of nitrogens with two attached hydrogens (primary N) is 1. The molecule has 1 saturated carbocycles. The zero-order valence-electron chi connectivity index (χ0n) is 13.2. The number of aromatic nitrogens is 1. The van der Waals surface area contributed by atoms with E-state index in [0.29, 0.717) is 0 Å². The van der Waals surface area contributed by atoms with E-state index in [2.05, 4.69) is 11.1 Å². The monoisotopic (exact) mass is 286 g/mol. The molecule has 2 N–H and O–H groups in total. The first kappa shape index (κ1) is 14.8. The van der Waals surface area contributed by atoms with Crippen molar-refractivity contribution >= 4 is 13.2 Å². The van der Waals surface area contributed by atoms with Gasteiger partial charge in [-0.15, -0.1) is 0 Å². The second-order valence-corrected chi connectivity index (χ2v) is 7.15. The first-order chi connectivity index (χ1) is 9.72. The van der Waals surface area contributed by atoms with Gasteiger partial charge < -0.3 is 15.0 Å². The van der Waals surface area contributed by atoms with Gasteiger partial charge in [0, 0.05) is 17.9 Å². The molecule has 2 heterocycles. The first-order valence-corrected chi connectivity index (χ1v) is 7.50. The summed E-state index contributed by atoms with van der Waals surface area (Å²) in [5.41, 5.74) is 7.58. The molecule has 2 fully saturated rings. The molecule has 1 aromatic rings. The van der Waals surface area contributed by atoms with Gasteiger partial charge in [0.1, 0.15) is 0 Å². The van der Waals surface area contributed by atoms with Crippen LogP contribution in [-0.2, 0) is 14.8 Å². The minimum Gasteiger partial charge on any atom is -0.400 e. The number of nitrogens with zero attached hydrogens (tertiary/aromatic N) is 1. The Bertz CT molecular complexity index is 563. The van der Waals surface area contributed by atoms with Crippen LogP contribution in [0, 0.1) is 0 Å². The maximum atomic E-state index is 6.21. The second kappa shape index (κ2) is 4.67. The van der Waals surface area contributed by atoms with Crippen LogP contribution < -0.4 is 5.73 Å². The van der Waals surface area contributed by atoms with Crippen molar-refractivity contribution < 1.29 is 9.31 Å². The summed E-state index contributed by atoms with van der Waals surface area (Å²) in [6.45, 7) is 8.20. The lowest BCUT2D eigenvalue weighted by molar-refractivity contribution is 0.00578. The Morgan fingerprint density at radius 2 is 1.76 bits per heavy atom. The van der Waals surface area contributed by atoms with Gasteiger partial charge in [-0.2, -0.15) is 0 Å². The highest BCUT2D eigenvalue weighted by atomic mass is 16.7. The third-order valence-corrected chi connectivity index (χ3v) is 4.84. The molecule has 1 saturated heterocycles. The van der Waals surface area contributed by atoms with Crippen molar-refractivity contribution in [1.29, 1.82) is 0 Å². The minimum atomic E-state index is -0.327. The Kier molecular flexibility index (Phi) is 3.28. The van der Waals surface area contributed by atoms with Crippen LogP contribution in [0.25, 0.3) is 6.08 Å². The first-order valence-electron chi connectivity index (χ1n) is 7.50. The van der Waals surface area contributed by atoms with E-state index in [9.17, 15) is 0 Å². The number of pyridine rings is 1. The van der Waals surface area contributed by atoms with E-state index in [1.165, 1.54) is 0 Å². The number of rotatable bonds is 3. The smallest absolute Gasteiger partial charge is 0.400 e. The van der Waals surface area contributed by atoms with Crippen molar-refractivity contribution in [1.82, 2.24) is 4.98 Å². The molecule has 1 aliphatic carbocycles. The van der Waals surface area contributed by atoms with Gasteiger partial charge in [-0.25, -0.2) is 0 Å². The molecule has 112 valence electrons. The summed E-state index contributed by atoms with van der Waals surface area (Å²) in [6.07, 6.45) is 7.76. The molecule has 3 rings (SSSR count). The van der Waals surface area contributed by atoms with Crippen LogP contribution in [0.1, 0.15) is 51.7 Å². The molecule has 2 aliphatic rings. The highest BCUT2D eigenvalue weighted by Crippen LogP contribution is 2.42. The van der Waals surface area contributed by atoms with Gasteiger partial charge in [0.2, 0.25) is 0 Å². The quantitative estimate of drug-likeness (QED) is 0.868. The van der Waals surface area contributed by atoms with Crippen LogP contribution in [0.5, 0.6) is 0 Å². The average Bonchev–Trinajstić information content (AvgIpc) is 3.10. The summed E-state index contributed by atoms with van der Waals surface area (Å²) < 4.78 is 11.9. The standard InChI is InChI=1S/C16H23BN2O2/c1-14(2)15(3,4)21-17(20-14)8-5-12-9-13(11-19-10-12)16(18)6-7-16/h5,8-11H,6-7,18H2,1-4H3/b8-5+. The lowest BCUT2D eigenvalue weighted by atomic mass is 9.89. The molecule has 0 amide bonds. The Morgan fingerprint density at radius 3 is 2.33 bits per heavy atom. The fourth-order valence-corrected chi connectivity index (χ4v) is 2.40.